The number of rotatable bonds is 5. The predicted molar refractivity (Wildman–Crippen MR) is 152 cm³/mol. The van der Waals surface area contributed by atoms with Gasteiger partial charge in [-0.15, -0.1) is 0 Å². The third-order valence-electron chi connectivity index (χ3n) is 6.95. The quantitative estimate of drug-likeness (QED) is 0.172. The normalized spacial score (nSPS) is 17.1. The number of benzene rings is 3. The maximum Gasteiger partial charge on any atom is 0.301 e. The van der Waals surface area contributed by atoms with Gasteiger partial charge in [-0.1, -0.05) is 67.1 Å². The highest BCUT2D eigenvalue weighted by atomic mass is 32.1. The number of carbonyl (C=O) groups excluding carboxylic acids is 2. The molecule has 2 heterocycles. The Bertz CT molecular complexity index is 1630. The molecule has 4 aromatic rings. The summed E-state index contributed by atoms with van der Waals surface area (Å²) in [4.78, 5) is 33.4. The van der Waals surface area contributed by atoms with E-state index in [1.807, 2.05) is 63.2 Å². The maximum absolute atomic E-state index is 13.6. The van der Waals surface area contributed by atoms with Crippen molar-refractivity contribution in [3.05, 3.63) is 93.6 Å². The molecule has 1 fully saturated rings. The van der Waals surface area contributed by atoms with Crippen molar-refractivity contribution in [2.24, 2.45) is 0 Å². The average molecular weight is 527 g/mol. The number of methoxy groups -OCH3 is 1. The summed E-state index contributed by atoms with van der Waals surface area (Å²) in [5.74, 6) is -0.922. The lowest BCUT2D eigenvalue weighted by Gasteiger charge is -2.23. The van der Waals surface area contributed by atoms with Gasteiger partial charge in [0.05, 0.1) is 34.5 Å². The number of ketones is 1. The lowest BCUT2D eigenvalue weighted by atomic mass is 9.93. The van der Waals surface area contributed by atoms with Gasteiger partial charge in [0, 0.05) is 0 Å². The summed E-state index contributed by atoms with van der Waals surface area (Å²) in [7, 11) is 1.53. The van der Waals surface area contributed by atoms with Crippen molar-refractivity contribution in [2.75, 3.05) is 12.0 Å². The molecule has 1 N–H and O–H groups in total. The number of amides is 1. The topological polar surface area (TPSA) is 79.7 Å². The summed E-state index contributed by atoms with van der Waals surface area (Å²) in [6.07, 6.45) is 0. The number of aliphatic hydroxyl groups excluding tert-OH is 1. The first-order chi connectivity index (χ1) is 18.1. The van der Waals surface area contributed by atoms with Gasteiger partial charge >= 0.3 is 5.91 Å². The number of carbonyl (C=O) groups is 2. The van der Waals surface area contributed by atoms with Crippen molar-refractivity contribution >= 4 is 44.1 Å². The fraction of sp³-hybridized carbons (Fsp3) is 0.258. The average Bonchev–Trinajstić information content (AvgIpc) is 3.40. The second-order valence-corrected chi connectivity index (χ2v) is 11.1. The molecule has 6 nitrogen and oxygen atoms in total. The third-order valence-corrected chi connectivity index (χ3v) is 7.97. The number of anilines is 1. The minimum Gasteiger partial charge on any atom is -0.507 e. The molecule has 1 aliphatic rings. The number of aryl methyl sites for hydroxylation is 3. The lowest BCUT2D eigenvalue weighted by Crippen LogP contribution is -2.29. The van der Waals surface area contributed by atoms with Gasteiger partial charge in [-0.2, -0.15) is 0 Å². The molecule has 1 aliphatic heterocycles. The van der Waals surface area contributed by atoms with Crippen molar-refractivity contribution in [3.63, 3.8) is 0 Å². The Balaban J connectivity index is 1.76. The van der Waals surface area contributed by atoms with E-state index in [4.69, 9.17) is 9.72 Å². The summed E-state index contributed by atoms with van der Waals surface area (Å²) >= 11 is 1.37. The zero-order chi connectivity index (χ0) is 27.3. The molecule has 1 aromatic heterocycles. The monoisotopic (exact) mass is 526 g/mol. The Morgan fingerprint density at radius 3 is 2.47 bits per heavy atom. The molecule has 3 aromatic carbocycles. The van der Waals surface area contributed by atoms with E-state index in [-0.39, 0.29) is 11.3 Å². The van der Waals surface area contributed by atoms with E-state index in [9.17, 15) is 14.7 Å². The number of aliphatic hydroxyl groups is 1. The molecule has 0 radical (unpaired) electrons. The van der Waals surface area contributed by atoms with E-state index < -0.39 is 17.7 Å². The summed E-state index contributed by atoms with van der Waals surface area (Å²) in [5, 5.41) is 12.1. The zero-order valence-electron chi connectivity index (χ0n) is 22.3. The molecule has 0 saturated carbocycles. The molecule has 1 atom stereocenters. The van der Waals surface area contributed by atoms with E-state index in [2.05, 4.69) is 19.9 Å². The molecular formula is C31H30N2O4S. The highest BCUT2D eigenvalue weighted by Crippen LogP contribution is 2.46. The van der Waals surface area contributed by atoms with Crippen LogP contribution in [0.25, 0.3) is 16.0 Å². The molecule has 194 valence electrons. The molecule has 7 heteroatoms. The summed E-state index contributed by atoms with van der Waals surface area (Å²) in [5.41, 5.74) is 5.75. The van der Waals surface area contributed by atoms with Crippen molar-refractivity contribution < 1.29 is 19.4 Å². The van der Waals surface area contributed by atoms with Crippen LogP contribution in [0.1, 0.15) is 59.2 Å². The standard InChI is InChI=1S/C31H30N2O4S/c1-16(2)20-10-11-23-24(15-20)38-31(32-23)33-26(21-9-7-8-17(3)13-21)25(28(35)30(33)36)27(34)22-14-18(4)12-19(5)29(22)37-6/h7-16,26,34H,1-6H3/b27-25+. The van der Waals surface area contributed by atoms with Gasteiger partial charge in [0.2, 0.25) is 0 Å². The Morgan fingerprint density at radius 1 is 1.03 bits per heavy atom. The molecule has 1 saturated heterocycles. The van der Waals surface area contributed by atoms with Crippen LogP contribution < -0.4 is 9.64 Å². The van der Waals surface area contributed by atoms with Crippen LogP contribution in [0.2, 0.25) is 0 Å². The van der Waals surface area contributed by atoms with Crippen LogP contribution in [-0.4, -0.2) is 28.9 Å². The molecular weight excluding hydrogens is 496 g/mol. The number of nitrogens with zero attached hydrogens (tertiary/aromatic N) is 2. The fourth-order valence-electron chi connectivity index (χ4n) is 5.12. The van der Waals surface area contributed by atoms with Gasteiger partial charge in [0.25, 0.3) is 5.78 Å². The molecule has 0 aliphatic carbocycles. The molecule has 5 rings (SSSR count). The third kappa shape index (κ3) is 4.27. The van der Waals surface area contributed by atoms with E-state index in [0.717, 1.165) is 32.5 Å². The zero-order valence-corrected chi connectivity index (χ0v) is 23.1. The van der Waals surface area contributed by atoms with Crippen LogP contribution in [0.4, 0.5) is 5.13 Å². The first-order valence-corrected chi connectivity index (χ1v) is 13.4. The van der Waals surface area contributed by atoms with Gasteiger partial charge < -0.3 is 9.84 Å². The highest BCUT2D eigenvalue weighted by Gasteiger charge is 2.48. The van der Waals surface area contributed by atoms with E-state index >= 15 is 0 Å². The highest BCUT2D eigenvalue weighted by molar-refractivity contribution is 7.22. The second-order valence-electron chi connectivity index (χ2n) is 10.1. The largest absolute Gasteiger partial charge is 0.507 e. The van der Waals surface area contributed by atoms with Crippen molar-refractivity contribution in [1.29, 1.82) is 0 Å². The van der Waals surface area contributed by atoms with Crippen LogP contribution >= 0.6 is 11.3 Å². The van der Waals surface area contributed by atoms with Crippen molar-refractivity contribution in [1.82, 2.24) is 4.98 Å². The van der Waals surface area contributed by atoms with Crippen molar-refractivity contribution in [3.8, 4) is 5.75 Å². The Morgan fingerprint density at radius 2 is 1.79 bits per heavy atom. The van der Waals surface area contributed by atoms with E-state index in [1.54, 1.807) is 6.07 Å². The first-order valence-electron chi connectivity index (χ1n) is 12.5. The molecule has 38 heavy (non-hydrogen) atoms. The molecule has 0 spiro atoms. The summed E-state index contributed by atoms with van der Waals surface area (Å²) in [6, 6.07) is 16.6. The van der Waals surface area contributed by atoms with Crippen LogP contribution in [0.5, 0.6) is 5.75 Å². The van der Waals surface area contributed by atoms with E-state index in [1.165, 1.54) is 28.9 Å². The van der Waals surface area contributed by atoms with E-state index in [0.29, 0.717) is 22.4 Å². The number of fused-ring (bicyclic) bond motifs is 1. The Hall–Kier alpha value is -3.97. The smallest absolute Gasteiger partial charge is 0.301 e. The van der Waals surface area contributed by atoms with Crippen LogP contribution in [0.15, 0.2) is 60.2 Å². The fourth-order valence-corrected chi connectivity index (χ4v) is 6.16. The van der Waals surface area contributed by atoms with Gasteiger partial charge in [-0.3, -0.25) is 14.5 Å². The first kappa shape index (κ1) is 25.7. The van der Waals surface area contributed by atoms with Gasteiger partial charge in [0.15, 0.2) is 5.13 Å². The SMILES string of the molecule is COc1c(C)cc(C)cc1/C(O)=C1\C(=O)C(=O)N(c2nc3ccc(C(C)C)cc3s2)C1c1cccc(C)c1. The predicted octanol–water partition coefficient (Wildman–Crippen LogP) is 6.98. The lowest BCUT2D eigenvalue weighted by molar-refractivity contribution is -0.132. The molecule has 1 amide bonds. The van der Waals surface area contributed by atoms with Gasteiger partial charge in [0.1, 0.15) is 11.5 Å². The van der Waals surface area contributed by atoms with Crippen molar-refractivity contribution in [2.45, 2.75) is 46.6 Å². The number of aromatic nitrogens is 1. The number of Topliss-reactive ketones (excluding diaryl/α,β-unsaturated/α-hetero) is 1. The minimum absolute atomic E-state index is 0.0195. The van der Waals surface area contributed by atoms with Crippen LogP contribution in [0.3, 0.4) is 0 Å². The molecule has 1 unspecified atom stereocenters. The van der Waals surface area contributed by atoms with Gasteiger partial charge in [-0.25, -0.2) is 4.98 Å². The van der Waals surface area contributed by atoms with Gasteiger partial charge in [-0.05, 0) is 67.1 Å². The number of hydrogen-bond acceptors (Lipinski definition) is 6. The second kappa shape index (κ2) is 9.72. The Kier molecular flexibility index (Phi) is 6.57. The number of ether oxygens (including phenoxy) is 1. The van der Waals surface area contributed by atoms with Crippen LogP contribution in [0, 0.1) is 20.8 Å². The maximum atomic E-state index is 13.6. The summed E-state index contributed by atoms with van der Waals surface area (Å²) in [6.45, 7) is 9.99. The number of thiazole rings is 1. The summed E-state index contributed by atoms with van der Waals surface area (Å²) < 4.78 is 6.54. The van der Waals surface area contributed by atoms with Crippen LogP contribution in [-0.2, 0) is 9.59 Å². The Labute approximate surface area is 226 Å². The molecule has 0 bridgehead atoms. The number of hydrogen-bond donors (Lipinski definition) is 1. The minimum atomic E-state index is -0.842.